The van der Waals surface area contributed by atoms with E-state index >= 15 is 0 Å². The third-order valence-corrected chi connectivity index (χ3v) is 5.76. The highest BCUT2D eigenvalue weighted by Gasteiger charge is 2.04. The molecule has 10 heteroatoms. The van der Waals surface area contributed by atoms with Crippen LogP contribution in [0.3, 0.4) is 0 Å². The zero-order valence-corrected chi connectivity index (χ0v) is 30.0. The Hall–Kier alpha value is -3.95. The molecular formula is C37H62O10. The topological polar surface area (TPSA) is 154 Å². The Balaban J connectivity index is -0.000000295. The smallest absolute Gasteiger partial charge is 0.333 e. The van der Waals surface area contributed by atoms with Crippen molar-refractivity contribution < 1.29 is 48.4 Å². The van der Waals surface area contributed by atoms with Gasteiger partial charge in [-0.15, -0.1) is 0 Å². The summed E-state index contributed by atoms with van der Waals surface area (Å²) in [5.41, 5.74) is 1.70. The first-order valence-corrected chi connectivity index (χ1v) is 16.2. The van der Waals surface area contributed by atoms with Gasteiger partial charge in [0.1, 0.15) is 0 Å². The quantitative estimate of drug-likeness (QED) is 0.0496. The molecule has 0 unspecified atom stereocenters. The first kappa shape index (κ1) is 49.9. The number of ether oxygens (including phenoxy) is 3. The maximum absolute atomic E-state index is 11.1. The van der Waals surface area contributed by atoms with Gasteiger partial charge in [-0.1, -0.05) is 104 Å². The molecule has 0 aliphatic carbocycles. The number of esters is 3. The molecule has 47 heavy (non-hydrogen) atoms. The molecule has 0 spiro atoms. The molecule has 270 valence electrons. The molecule has 0 amide bonds. The van der Waals surface area contributed by atoms with E-state index in [2.05, 4.69) is 39.8 Å². The number of rotatable bonds is 22. The van der Waals surface area contributed by atoms with Gasteiger partial charge in [0, 0.05) is 27.9 Å². The predicted octanol–water partition coefficient (Wildman–Crippen LogP) is 8.72. The zero-order chi connectivity index (χ0) is 37.2. The molecule has 0 radical (unpaired) electrons. The van der Waals surface area contributed by atoms with Crippen LogP contribution in [0.4, 0.5) is 0 Å². The molecule has 0 rings (SSSR count). The molecule has 0 saturated heterocycles. The normalized spacial score (nSPS) is 9.32. The molecule has 0 aromatic heterocycles. The largest absolute Gasteiger partial charge is 0.478 e. The van der Waals surface area contributed by atoms with Crippen molar-refractivity contribution in [1.82, 2.24) is 0 Å². The Kier molecular flexibility index (Phi) is 37.1. The van der Waals surface area contributed by atoms with Crippen molar-refractivity contribution in [2.45, 2.75) is 125 Å². The summed E-state index contributed by atoms with van der Waals surface area (Å²) in [6.45, 7) is 28.4. The fourth-order valence-corrected chi connectivity index (χ4v) is 2.83. The molecule has 0 heterocycles. The summed E-state index contributed by atoms with van der Waals surface area (Å²) < 4.78 is 15.0. The van der Waals surface area contributed by atoms with Crippen molar-refractivity contribution >= 4 is 29.8 Å². The van der Waals surface area contributed by atoms with Crippen LogP contribution >= 0.6 is 0 Å². The Morgan fingerprint density at radius 3 is 0.766 bits per heavy atom. The number of carbonyl (C=O) groups is 5. The van der Waals surface area contributed by atoms with Crippen molar-refractivity contribution in [3.63, 3.8) is 0 Å². The number of hydrogen-bond acceptors (Lipinski definition) is 8. The van der Waals surface area contributed by atoms with E-state index in [0.29, 0.717) is 36.5 Å². The first-order valence-electron chi connectivity index (χ1n) is 16.2. The highest BCUT2D eigenvalue weighted by molar-refractivity contribution is 5.87. The third kappa shape index (κ3) is 44.2. The van der Waals surface area contributed by atoms with Gasteiger partial charge in [0.05, 0.1) is 19.8 Å². The highest BCUT2D eigenvalue weighted by atomic mass is 16.5. The second kappa shape index (κ2) is 34.9. The minimum Gasteiger partial charge on any atom is -0.478 e. The molecule has 0 saturated carbocycles. The summed E-state index contributed by atoms with van der Waals surface area (Å²) in [4.78, 5) is 52.3. The van der Waals surface area contributed by atoms with Crippen LogP contribution in [-0.2, 0) is 38.2 Å². The van der Waals surface area contributed by atoms with Crippen LogP contribution in [0.15, 0.2) is 60.8 Å². The van der Waals surface area contributed by atoms with Crippen LogP contribution in [0.25, 0.3) is 0 Å². The maximum atomic E-state index is 11.1. The molecule has 0 aromatic carbocycles. The molecular weight excluding hydrogens is 604 g/mol. The van der Waals surface area contributed by atoms with E-state index < -0.39 is 11.9 Å². The Bertz CT molecular complexity index is 911. The van der Waals surface area contributed by atoms with E-state index in [1.807, 2.05) is 0 Å². The van der Waals surface area contributed by atoms with Gasteiger partial charge >= 0.3 is 29.8 Å². The summed E-state index contributed by atoms with van der Waals surface area (Å²) >= 11 is 0. The van der Waals surface area contributed by atoms with Crippen molar-refractivity contribution in [1.29, 1.82) is 0 Å². The SMILES string of the molecule is C=C(C)C(=O)O.C=C(C)C(=O)O.C=C(C)C(=O)OCCCCCCCCCC.C=C(C)C(=O)OCCCCCCCOC(=O)C(=C)C. The Labute approximate surface area is 283 Å². The van der Waals surface area contributed by atoms with E-state index in [1.54, 1.807) is 20.8 Å². The second-order valence-electron chi connectivity index (χ2n) is 11.2. The molecule has 10 nitrogen and oxygen atoms in total. The highest BCUT2D eigenvalue weighted by Crippen LogP contribution is 2.09. The van der Waals surface area contributed by atoms with Gasteiger partial charge in [-0.05, 0) is 53.9 Å². The van der Waals surface area contributed by atoms with Crippen LogP contribution < -0.4 is 0 Å². The molecule has 2 N–H and O–H groups in total. The number of carbonyl (C=O) groups excluding carboxylic acids is 3. The van der Waals surface area contributed by atoms with Gasteiger partial charge in [0.25, 0.3) is 0 Å². The van der Waals surface area contributed by atoms with E-state index in [0.717, 1.165) is 44.9 Å². The van der Waals surface area contributed by atoms with Gasteiger partial charge in [-0.3, -0.25) is 0 Å². The molecule has 0 atom stereocenters. The molecule has 0 aromatic rings. The second-order valence-corrected chi connectivity index (χ2v) is 11.2. The average molecular weight is 667 g/mol. The van der Waals surface area contributed by atoms with Crippen molar-refractivity contribution in [2.75, 3.05) is 19.8 Å². The van der Waals surface area contributed by atoms with Crippen molar-refractivity contribution in [3.8, 4) is 0 Å². The van der Waals surface area contributed by atoms with E-state index in [1.165, 1.54) is 52.4 Å². The van der Waals surface area contributed by atoms with Crippen LogP contribution in [0, 0.1) is 0 Å². The van der Waals surface area contributed by atoms with Crippen LogP contribution in [0.2, 0.25) is 0 Å². The number of hydrogen-bond donors (Lipinski definition) is 2. The number of carboxylic acid groups (broad SMARTS) is 2. The van der Waals surface area contributed by atoms with Crippen LogP contribution in [0.1, 0.15) is 125 Å². The monoisotopic (exact) mass is 666 g/mol. The van der Waals surface area contributed by atoms with Crippen LogP contribution in [0.5, 0.6) is 0 Å². The third-order valence-electron chi connectivity index (χ3n) is 5.76. The summed E-state index contributed by atoms with van der Waals surface area (Å²) in [6, 6.07) is 0. The van der Waals surface area contributed by atoms with E-state index in [4.69, 9.17) is 24.4 Å². The maximum Gasteiger partial charge on any atom is 0.333 e. The lowest BCUT2D eigenvalue weighted by Gasteiger charge is -2.05. The van der Waals surface area contributed by atoms with Crippen LogP contribution in [-0.4, -0.2) is 59.9 Å². The first-order chi connectivity index (χ1) is 21.9. The molecule has 0 aliphatic rings. The van der Waals surface area contributed by atoms with Gasteiger partial charge in [-0.25, -0.2) is 24.0 Å². The number of carboxylic acids is 2. The van der Waals surface area contributed by atoms with Crippen molar-refractivity contribution in [3.05, 3.63) is 60.8 Å². The van der Waals surface area contributed by atoms with Gasteiger partial charge < -0.3 is 24.4 Å². The number of unbranched alkanes of at least 4 members (excludes halogenated alkanes) is 11. The fourth-order valence-electron chi connectivity index (χ4n) is 2.83. The van der Waals surface area contributed by atoms with Gasteiger partial charge in [0.15, 0.2) is 0 Å². The Morgan fingerprint density at radius 2 is 0.596 bits per heavy atom. The minimum absolute atomic E-state index is 0.176. The van der Waals surface area contributed by atoms with Crippen molar-refractivity contribution in [2.24, 2.45) is 0 Å². The summed E-state index contributed by atoms with van der Waals surface area (Å²) in [7, 11) is 0. The van der Waals surface area contributed by atoms with E-state index in [-0.39, 0.29) is 29.1 Å². The molecule has 0 bridgehead atoms. The fraction of sp³-hybridized carbons (Fsp3) is 0.595. The summed E-state index contributed by atoms with van der Waals surface area (Å²) in [6.07, 6.45) is 14.8. The lowest BCUT2D eigenvalue weighted by Crippen LogP contribution is -2.06. The Morgan fingerprint density at radius 1 is 0.404 bits per heavy atom. The van der Waals surface area contributed by atoms with Gasteiger partial charge in [-0.2, -0.15) is 0 Å². The minimum atomic E-state index is -0.935. The predicted molar refractivity (Wildman–Crippen MR) is 188 cm³/mol. The summed E-state index contributed by atoms with van der Waals surface area (Å²) in [5.74, 6) is -2.79. The lowest BCUT2D eigenvalue weighted by molar-refractivity contribution is -0.140. The number of aliphatic carboxylic acids is 2. The van der Waals surface area contributed by atoms with Gasteiger partial charge in [0.2, 0.25) is 0 Å². The zero-order valence-electron chi connectivity index (χ0n) is 30.0. The molecule has 0 fully saturated rings. The summed E-state index contributed by atoms with van der Waals surface area (Å²) in [5, 5.41) is 15.8. The lowest BCUT2D eigenvalue weighted by atomic mass is 10.1. The van der Waals surface area contributed by atoms with E-state index in [9.17, 15) is 24.0 Å². The average Bonchev–Trinajstić information content (AvgIpc) is 2.99. The molecule has 0 aliphatic heterocycles. The standard InChI is InChI=1S/C15H24O4.C14H26O2.2C4H6O2/c1-12(2)14(16)18-10-8-6-5-7-9-11-19-15(17)13(3)4;1-4-5-6-7-8-9-10-11-12-16-14(15)13(2)3;2*1-3(2)4(5)6/h1,3,5-11H2,2,4H3;2,4-12H2,1,3H3;2*1H2,2H3,(H,5,6).